The van der Waals surface area contributed by atoms with Crippen LogP contribution in [0.4, 0.5) is 8.78 Å². The van der Waals surface area contributed by atoms with Gasteiger partial charge in [0, 0.05) is 12.1 Å². The molecule has 35 heavy (non-hydrogen) atoms. The van der Waals surface area contributed by atoms with E-state index in [1.54, 1.807) is 24.3 Å². The van der Waals surface area contributed by atoms with Crippen LogP contribution in [-0.2, 0) is 13.1 Å². The maximum Gasteiger partial charge on any atom is 0.352 e. The molecule has 0 unspecified atom stereocenters. The summed E-state index contributed by atoms with van der Waals surface area (Å²) >= 11 is 0. The number of halogens is 2. The fourth-order valence-corrected chi connectivity index (χ4v) is 3.49. The summed E-state index contributed by atoms with van der Waals surface area (Å²) in [5, 5.41) is 6.64. The van der Waals surface area contributed by atoms with Crippen LogP contribution in [0.2, 0.25) is 0 Å². The number of aromatic nitrogens is 3. The monoisotopic (exact) mass is 476 g/mol. The Hall–Kier alpha value is -4.40. The van der Waals surface area contributed by atoms with E-state index in [4.69, 9.17) is 0 Å². The average molecular weight is 476 g/mol. The lowest BCUT2D eigenvalue weighted by Crippen LogP contribution is -2.46. The van der Waals surface area contributed by atoms with Crippen LogP contribution in [0.15, 0.2) is 76.3 Å². The molecule has 0 fully saturated rings. The van der Waals surface area contributed by atoms with E-state index < -0.39 is 34.5 Å². The minimum atomic E-state index is -0.949. The van der Waals surface area contributed by atoms with Crippen molar-refractivity contribution in [2.75, 3.05) is 0 Å². The summed E-state index contributed by atoms with van der Waals surface area (Å²) in [6.07, 6.45) is 0. The van der Waals surface area contributed by atoms with E-state index >= 15 is 0 Å². The van der Waals surface area contributed by atoms with Gasteiger partial charge in [0.25, 0.3) is 11.5 Å². The summed E-state index contributed by atoms with van der Waals surface area (Å²) in [5.41, 5.74) is 0.654. The van der Waals surface area contributed by atoms with Gasteiger partial charge >= 0.3 is 5.69 Å². The first kappa shape index (κ1) is 23.7. The molecule has 4 rings (SSSR count). The lowest BCUT2D eigenvalue weighted by Gasteiger charge is -2.13. The first-order chi connectivity index (χ1) is 16.7. The Morgan fingerprint density at radius 2 is 1.66 bits per heavy atom. The van der Waals surface area contributed by atoms with Gasteiger partial charge in [0.15, 0.2) is 0 Å². The topological polar surface area (TPSA) is 86.0 Å². The molecule has 0 radical (unpaired) electrons. The molecule has 1 heterocycles. The van der Waals surface area contributed by atoms with Crippen LogP contribution >= 0.6 is 0 Å². The summed E-state index contributed by atoms with van der Waals surface area (Å²) in [7, 11) is 0. The quantitative estimate of drug-likeness (QED) is 0.463. The van der Waals surface area contributed by atoms with E-state index in [1.165, 1.54) is 42.5 Å². The van der Waals surface area contributed by atoms with Crippen LogP contribution in [0, 0.1) is 25.5 Å². The highest BCUT2D eigenvalue weighted by Crippen LogP contribution is 2.12. The summed E-state index contributed by atoms with van der Waals surface area (Å²) < 4.78 is 29.2. The van der Waals surface area contributed by atoms with Gasteiger partial charge in [0.05, 0.1) is 12.2 Å². The summed E-state index contributed by atoms with van der Waals surface area (Å²) in [4.78, 5) is 39.4. The third-order valence-corrected chi connectivity index (χ3v) is 5.66. The van der Waals surface area contributed by atoms with Gasteiger partial charge in [0.1, 0.15) is 11.6 Å². The highest BCUT2D eigenvalue weighted by molar-refractivity contribution is 5.91. The Morgan fingerprint density at radius 3 is 2.34 bits per heavy atom. The normalized spacial score (nSPS) is 10.9. The van der Waals surface area contributed by atoms with Gasteiger partial charge in [-0.2, -0.15) is 9.78 Å². The van der Waals surface area contributed by atoms with Crippen molar-refractivity contribution < 1.29 is 13.6 Å². The molecule has 9 heteroatoms. The number of hydrogen-bond donors (Lipinski definition) is 1. The fraction of sp³-hybridized carbons (Fsp3) is 0.154. The van der Waals surface area contributed by atoms with E-state index in [1.807, 2.05) is 13.8 Å². The number of hydrogen-bond acceptors (Lipinski definition) is 4. The number of benzene rings is 3. The Bertz CT molecular complexity index is 1530. The first-order valence-corrected chi connectivity index (χ1v) is 10.8. The standard InChI is InChI=1S/C26H22F2N4O3/c1-16-7-12-21(13-17(16)2)32-26(35)31(15-19-5-3-4-6-22(19)28)25(34)23(30-32)24(33)29-14-18-8-10-20(27)11-9-18/h3-13H,14-15H2,1-2H3,(H,29,33). The maximum atomic E-state index is 14.3. The highest BCUT2D eigenvalue weighted by atomic mass is 19.1. The minimum Gasteiger partial charge on any atom is -0.346 e. The molecule has 1 amide bonds. The number of amides is 1. The smallest absolute Gasteiger partial charge is 0.346 e. The number of aryl methyl sites for hydroxylation is 2. The zero-order valence-electron chi connectivity index (χ0n) is 19.1. The van der Waals surface area contributed by atoms with Crippen molar-refractivity contribution >= 4 is 5.91 Å². The second-order valence-corrected chi connectivity index (χ2v) is 8.10. The summed E-state index contributed by atoms with van der Waals surface area (Å²) in [6, 6.07) is 16.4. The van der Waals surface area contributed by atoms with E-state index in [-0.39, 0.29) is 18.7 Å². The number of rotatable bonds is 6. The van der Waals surface area contributed by atoms with Crippen LogP contribution < -0.4 is 16.6 Å². The predicted octanol–water partition coefficient (Wildman–Crippen LogP) is 3.27. The van der Waals surface area contributed by atoms with Gasteiger partial charge in [-0.3, -0.25) is 14.2 Å². The van der Waals surface area contributed by atoms with E-state index in [2.05, 4.69) is 10.4 Å². The van der Waals surface area contributed by atoms with Crippen molar-refractivity contribution in [3.63, 3.8) is 0 Å². The van der Waals surface area contributed by atoms with Crippen molar-refractivity contribution in [2.24, 2.45) is 0 Å². The van der Waals surface area contributed by atoms with Crippen molar-refractivity contribution in [3.05, 3.63) is 127 Å². The van der Waals surface area contributed by atoms with Crippen LogP contribution in [0.1, 0.15) is 32.7 Å². The SMILES string of the molecule is Cc1ccc(-n2nc(C(=O)NCc3ccc(F)cc3)c(=O)n(Cc3ccccc3F)c2=O)cc1C. The van der Waals surface area contributed by atoms with Gasteiger partial charge in [-0.15, -0.1) is 0 Å². The average Bonchev–Trinajstić information content (AvgIpc) is 2.84. The Labute approximate surface area is 199 Å². The van der Waals surface area contributed by atoms with Crippen molar-refractivity contribution in [1.82, 2.24) is 19.7 Å². The number of carbonyl (C=O) groups excluding carboxylic acids is 1. The third kappa shape index (κ3) is 5.08. The second-order valence-electron chi connectivity index (χ2n) is 8.10. The number of nitrogens with zero attached hydrogens (tertiary/aromatic N) is 3. The van der Waals surface area contributed by atoms with Crippen molar-refractivity contribution in [3.8, 4) is 5.69 Å². The highest BCUT2D eigenvalue weighted by Gasteiger charge is 2.21. The molecule has 0 bridgehead atoms. The number of carbonyl (C=O) groups is 1. The Kier molecular flexibility index (Phi) is 6.68. The molecule has 1 N–H and O–H groups in total. The molecule has 0 aliphatic carbocycles. The van der Waals surface area contributed by atoms with Gasteiger partial charge in [-0.1, -0.05) is 36.4 Å². The zero-order valence-corrected chi connectivity index (χ0v) is 19.1. The minimum absolute atomic E-state index is 0.0102. The van der Waals surface area contributed by atoms with Gasteiger partial charge < -0.3 is 5.32 Å². The molecule has 4 aromatic rings. The maximum absolute atomic E-state index is 14.3. The molecular formula is C26H22F2N4O3. The van der Waals surface area contributed by atoms with Crippen LogP contribution in [0.3, 0.4) is 0 Å². The number of nitrogens with one attached hydrogen (secondary N) is 1. The molecule has 0 aliphatic rings. The van der Waals surface area contributed by atoms with Crippen LogP contribution in [0.25, 0.3) is 5.69 Å². The molecule has 3 aromatic carbocycles. The molecule has 0 atom stereocenters. The first-order valence-electron chi connectivity index (χ1n) is 10.8. The lowest BCUT2D eigenvalue weighted by molar-refractivity contribution is 0.0941. The van der Waals surface area contributed by atoms with E-state index in [0.29, 0.717) is 11.3 Å². The van der Waals surface area contributed by atoms with Crippen LogP contribution in [-0.4, -0.2) is 20.3 Å². The third-order valence-electron chi connectivity index (χ3n) is 5.66. The van der Waals surface area contributed by atoms with Crippen molar-refractivity contribution in [2.45, 2.75) is 26.9 Å². The molecule has 0 saturated carbocycles. The fourth-order valence-electron chi connectivity index (χ4n) is 3.49. The summed E-state index contributed by atoms with van der Waals surface area (Å²) in [6.45, 7) is 3.39. The predicted molar refractivity (Wildman–Crippen MR) is 127 cm³/mol. The Morgan fingerprint density at radius 1 is 0.943 bits per heavy atom. The van der Waals surface area contributed by atoms with Gasteiger partial charge in [-0.25, -0.2) is 13.6 Å². The van der Waals surface area contributed by atoms with E-state index in [0.717, 1.165) is 20.4 Å². The molecule has 0 spiro atoms. The molecular weight excluding hydrogens is 454 g/mol. The molecule has 0 aliphatic heterocycles. The van der Waals surface area contributed by atoms with E-state index in [9.17, 15) is 23.2 Å². The Balaban J connectivity index is 1.80. The van der Waals surface area contributed by atoms with Gasteiger partial charge in [-0.05, 0) is 60.9 Å². The molecule has 178 valence electrons. The second kappa shape index (κ2) is 9.84. The molecule has 0 saturated heterocycles. The summed E-state index contributed by atoms with van der Waals surface area (Å²) in [5.74, 6) is -1.83. The molecule has 7 nitrogen and oxygen atoms in total. The largest absolute Gasteiger partial charge is 0.352 e. The lowest BCUT2D eigenvalue weighted by atomic mass is 10.1. The van der Waals surface area contributed by atoms with Gasteiger partial charge in [0.2, 0.25) is 5.69 Å². The van der Waals surface area contributed by atoms with Crippen molar-refractivity contribution in [1.29, 1.82) is 0 Å². The van der Waals surface area contributed by atoms with Crippen LogP contribution in [0.5, 0.6) is 0 Å². The zero-order chi connectivity index (χ0) is 25.1. The molecule has 1 aromatic heterocycles.